The first-order valence-electron chi connectivity index (χ1n) is 10.2. The molecule has 0 saturated carbocycles. The molecule has 0 spiro atoms. The van der Waals surface area contributed by atoms with E-state index < -0.39 is 17.5 Å². The van der Waals surface area contributed by atoms with Gasteiger partial charge in [0.1, 0.15) is 22.3 Å². The lowest BCUT2D eigenvalue weighted by atomic mass is 10.2. The quantitative estimate of drug-likeness (QED) is 0.371. The molecule has 0 aliphatic carbocycles. The summed E-state index contributed by atoms with van der Waals surface area (Å²) in [5.74, 6) is -1.60. The van der Waals surface area contributed by atoms with Gasteiger partial charge in [-0.15, -0.1) is 11.3 Å². The minimum absolute atomic E-state index is 0.0565. The third-order valence-corrected chi connectivity index (χ3v) is 5.97. The molecule has 0 atom stereocenters. The lowest BCUT2D eigenvalue weighted by Crippen LogP contribution is -2.17. The van der Waals surface area contributed by atoms with E-state index in [4.69, 9.17) is 0 Å². The summed E-state index contributed by atoms with van der Waals surface area (Å²) < 4.78 is 30.1. The first-order valence-corrected chi connectivity index (χ1v) is 11.0. The van der Waals surface area contributed by atoms with Crippen molar-refractivity contribution in [2.75, 3.05) is 5.32 Å². The molecule has 0 saturated heterocycles. The summed E-state index contributed by atoms with van der Waals surface area (Å²) in [5.41, 5.74) is 2.34. The van der Waals surface area contributed by atoms with Crippen LogP contribution in [0.3, 0.4) is 0 Å². The molecule has 3 heterocycles. The van der Waals surface area contributed by atoms with Crippen molar-refractivity contribution in [1.82, 2.24) is 19.5 Å². The van der Waals surface area contributed by atoms with Crippen LogP contribution in [0.4, 0.5) is 14.7 Å². The number of hydrogen-bond donors (Lipinski definition) is 1. The van der Waals surface area contributed by atoms with E-state index in [0.717, 1.165) is 40.2 Å². The normalized spacial score (nSPS) is 11.1. The van der Waals surface area contributed by atoms with Crippen LogP contribution in [0.25, 0.3) is 21.6 Å². The summed E-state index contributed by atoms with van der Waals surface area (Å²) in [6, 6.07) is 16.9. The summed E-state index contributed by atoms with van der Waals surface area (Å²) in [5, 5.41) is 4.36. The summed E-state index contributed by atoms with van der Waals surface area (Å²) >= 11 is 0.999. The molecular weight excluding hydrogens is 444 g/mol. The number of nitrogens with one attached hydrogen (secondary N) is 1. The lowest BCUT2D eigenvalue weighted by molar-refractivity contribution is 0.102. The van der Waals surface area contributed by atoms with Crippen LogP contribution in [0.1, 0.15) is 16.2 Å². The average Bonchev–Trinajstić information content (AvgIpc) is 3.43. The fourth-order valence-electron chi connectivity index (χ4n) is 3.53. The van der Waals surface area contributed by atoms with Gasteiger partial charge in [0, 0.05) is 30.2 Å². The van der Waals surface area contributed by atoms with Crippen LogP contribution in [0.15, 0.2) is 72.2 Å². The number of halogens is 2. The largest absolute Gasteiger partial charge is 0.310 e. The number of benzene rings is 2. The minimum atomic E-state index is -0.729. The Balaban J connectivity index is 1.42. The lowest BCUT2D eigenvalue weighted by Gasteiger charge is -2.09. The first-order chi connectivity index (χ1) is 16.1. The Morgan fingerprint density at radius 1 is 0.970 bits per heavy atom. The molecule has 0 bridgehead atoms. The van der Waals surface area contributed by atoms with Crippen molar-refractivity contribution in [3.8, 4) is 10.6 Å². The maximum atomic E-state index is 14.1. The molecule has 0 unspecified atom stereocenters. The Morgan fingerprint density at radius 2 is 1.76 bits per heavy atom. The molecule has 1 amide bonds. The summed E-state index contributed by atoms with van der Waals surface area (Å²) in [6.45, 7) is 0.551. The first kappa shape index (κ1) is 20.9. The molecule has 6 nitrogen and oxygen atoms in total. The number of carbonyl (C=O) groups is 1. The van der Waals surface area contributed by atoms with Crippen LogP contribution in [-0.2, 0) is 13.0 Å². The van der Waals surface area contributed by atoms with Gasteiger partial charge in [-0.1, -0.05) is 24.3 Å². The maximum absolute atomic E-state index is 14.1. The predicted octanol–water partition coefficient (Wildman–Crippen LogP) is 5.33. The molecule has 3 aromatic heterocycles. The third kappa shape index (κ3) is 4.22. The van der Waals surface area contributed by atoms with Crippen LogP contribution in [0.2, 0.25) is 0 Å². The standard InChI is InChI=1S/C24H17F2N5OS/c25-16-7-5-8-17(26)21(16)23-28-19(14-33-23)22(32)30-24-29-18-9-1-2-10-20(18)31(24)13-11-15-6-3-4-12-27-15/h1-10,12,14H,11,13H2,(H,29,30,32). The van der Waals surface area contributed by atoms with Gasteiger partial charge in [0.15, 0.2) is 0 Å². The number of para-hydroxylation sites is 2. The summed E-state index contributed by atoms with van der Waals surface area (Å²) in [7, 11) is 0. The highest BCUT2D eigenvalue weighted by atomic mass is 32.1. The zero-order chi connectivity index (χ0) is 22.8. The van der Waals surface area contributed by atoms with Crippen molar-refractivity contribution in [3.63, 3.8) is 0 Å². The highest BCUT2D eigenvalue weighted by molar-refractivity contribution is 7.13. The number of rotatable bonds is 6. The van der Waals surface area contributed by atoms with Gasteiger partial charge in [-0.25, -0.2) is 18.7 Å². The van der Waals surface area contributed by atoms with Crippen molar-refractivity contribution in [2.45, 2.75) is 13.0 Å². The molecule has 1 N–H and O–H groups in total. The van der Waals surface area contributed by atoms with Gasteiger partial charge in [-0.2, -0.15) is 0 Å². The second-order valence-electron chi connectivity index (χ2n) is 7.24. The van der Waals surface area contributed by atoms with E-state index in [2.05, 4.69) is 20.3 Å². The zero-order valence-corrected chi connectivity index (χ0v) is 18.0. The molecule has 0 aliphatic rings. The number of aryl methyl sites for hydroxylation is 2. The molecular formula is C24H17F2N5OS. The molecule has 0 aliphatic heterocycles. The number of aromatic nitrogens is 4. The van der Waals surface area contributed by atoms with E-state index >= 15 is 0 Å². The van der Waals surface area contributed by atoms with E-state index in [9.17, 15) is 13.6 Å². The second kappa shape index (κ2) is 8.87. The van der Waals surface area contributed by atoms with Gasteiger partial charge < -0.3 is 4.57 Å². The number of pyridine rings is 1. The summed E-state index contributed by atoms with van der Waals surface area (Å²) in [6.07, 6.45) is 2.39. The van der Waals surface area contributed by atoms with E-state index in [0.29, 0.717) is 18.9 Å². The maximum Gasteiger partial charge on any atom is 0.277 e. The SMILES string of the molecule is O=C(Nc1nc2ccccc2n1CCc1ccccn1)c1csc(-c2c(F)cccc2F)n1. The van der Waals surface area contributed by atoms with Crippen LogP contribution in [-0.4, -0.2) is 25.4 Å². The molecule has 5 rings (SSSR count). The second-order valence-corrected chi connectivity index (χ2v) is 8.09. The van der Waals surface area contributed by atoms with E-state index in [-0.39, 0.29) is 16.3 Å². The van der Waals surface area contributed by atoms with Crippen molar-refractivity contribution in [3.05, 3.63) is 95.3 Å². The summed E-state index contributed by atoms with van der Waals surface area (Å²) in [4.78, 5) is 26.0. The van der Waals surface area contributed by atoms with E-state index in [1.165, 1.54) is 11.4 Å². The van der Waals surface area contributed by atoms with Crippen molar-refractivity contribution in [1.29, 1.82) is 0 Å². The smallest absolute Gasteiger partial charge is 0.277 e. The Kier molecular flexibility index (Phi) is 5.62. The number of imidazole rings is 1. The Morgan fingerprint density at radius 3 is 2.55 bits per heavy atom. The topological polar surface area (TPSA) is 72.7 Å². The van der Waals surface area contributed by atoms with Crippen LogP contribution >= 0.6 is 11.3 Å². The molecule has 0 radical (unpaired) electrons. The number of anilines is 1. The average molecular weight is 461 g/mol. The van der Waals surface area contributed by atoms with Gasteiger partial charge >= 0.3 is 0 Å². The monoisotopic (exact) mass is 461 g/mol. The Hall–Kier alpha value is -3.98. The number of amides is 1. The Bertz CT molecular complexity index is 1430. The fraction of sp³-hybridized carbons (Fsp3) is 0.0833. The number of hydrogen-bond acceptors (Lipinski definition) is 5. The molecule has 5 aromatic rings. The number of nitrogens with zero attached hydrogens (tertiary/aromatic N) is 4. The van der Waals surface area contributed by atoms with E-state index in [1.54, 1.807) is 6.20 Å². The Labute approximate surface area is 191 Å². The van der Waals surface area contributed by atoms with Gasteiger partial charge in [0.2, 0.25) is 5.95 Å². The number of carbonyl (C=O) groups excluding carboxylic acids is 1. The molecule has 9 heteroatoms. The number of thiazole rings is 1. The van der Waals surface area contributed by atoms with Crippen LogP contribution < -0.4 is 5.32 Å². The molecule has 0 fully saturated rings. The highest BCUT2D eigenvalue weighted by Crippen LogP contribution is 2.29. The van der Waals surface area contributed by atoms with Gasteiger partial charge in [-0.05, 0) is 36.4 Å². The van der Waals surface area contributed by atoms with Crippen molar-refractivity contribution in [2.24, 2.45) is 0 Å². The van der Waals surface area contributed by atoms with Gasteiger partial charge in [0.25, 0.3) is 5.91 Å². The van der Waals surface area contributed by atoms with Crippen LogP contribution in [0, 0.1) is 11.6 Å². The van der Waals surface area contributed by atoms with Gasteiger partial charge in [0.05, 0.1) is 16.6 Å². The molecule has 2 aromatic carbocycles. The van der Waals surface area contributed by atoms with Crippen molar-refractivity contribution < 1.29 is 13.6 Å². The minimum Gasteiger partial charge on any atom is -0.310 e. The third-order valence-electron chi connectivity index (χ3n) is 5.11. The van der Waals surface area contributed by atoms with Gasteiger partial charge in [-0.3, -0.25) is 15.1 Å². The number of fused-ring (bicyclic) bond motifs is 1. The van der Waals surface area contributed by atoms with E-state index in [1.807, 2.05) is 47.0 Å². The predicted molar refractivity (Wildman–Crippen MR) is 123 cm³/mol. The van der Waals surface area contributed by atoms with Crippen molar-refractivity contribution >= 4 is 34.2 Å². The molecule has 164 valence electrons. The molecule has 33 heavy (non-hydrogen) atoms. The highest BCUT2D eigenvalue weighted by Gasteiger charge is 2.20. The zero-order valence-electron chi connectivity index (χ0n) is 17.2. The van der Waals surface area contributed by atoms with Crippen LogP contribution in [0.5, 0.6) is 0 Å². The fourth-order valence-corrected chi connectivity index (χ4v) is 4.38.